The van der Waals surface area contributed by atoms with Gasteiger partial charge in [-0.25, -0.2) is 4.39 Å². The number of halogens is 2. The van der Waals surface area contributed by atoms with E-state index in [-0.39, 0.29) is 24.0 Å². The van der Waals surface area contributed by atoms with Crippen LogP contribution >= 0.6 is 11.6 Å². The molecule has 4 nitrogen and oxygen atoms in total. The minimum Gasteiger partial charge on any atom is -0.451 e. The highest BCUT2D eigenvalue weighted by Gasteiger charge is 2.70. The third-order valence-corrected chi connectivity index (χ3v) is 9.17. The molecule has 0 saturated heterocycles. The van der Waals surface area contributed by atoms with Gasteiger partial charge in [-0.1, -0.05) is 44.7 Å². The molecule has 6 heteroatoms. The van der Waals surface area contributed by atoms with Crippen molar-refractivity contribution in [2.75, 3.05) is 0 Å². The van der Waals surface area contributed by atoms with Gasteiger partial charge in [0, 0.05) is 28.7 Å². The highest BCUT2D eigenvalue weighted by atomic mass is 35.5. The molecule has 4 aliphatic carbocycles. The van der Waals surface area contributed by atoms with Crippen LogP contribution in [0.2, 0.25) is 0 Å². The molecule has 0 aromatic carbocycles. The fourth-order valence-corrected chi connectivity index (χ4v) is 7.73. The molecule has 0 spiro atoms. The number of hydrogen-bond acceptors (Lipinski definition) is 4. The van der Waals surface area contributed by atoms with Crippen molar-refractivity contribution in [2.45, 2.75) is 64.8 Å². The lowest BCUT2D eigenvalue weighted by molar-refractivity contribution is -0.189. The van der Waals surface area contributed by atoms with Crippen LogP contribution in [-0.4, -0.2) is 34.7 Å². The number of fused-ring (bicyclic) bond motifs is 5. The van der Waals surface area contributed by atoms with E-state index in [0.29, 0.717) is 34.6 Å². The fraction of sp³-hybridized carbons (Fsp3) is 0.600. The van der Waals surface area contributed by atoms with Gasteiger partial charge < -0.3 is 9.84 Å². The van der Waals surface area contributed by atoms with Crippen LogP contribution in [0.4, 0.5) is 4.39 Å². The van der Waals surface area contributed by atoms with Crippen LogP contribution in [0.25, 0.3) is 0 Å². The summed E-state index contributed by atoms with van der Waals surface area (Å²) in [4.78, 5) is 24.8. The normalized spacial score (nSPS) is 46.4. The Bertz CT molecular complexity index is 967. The van der Waals surface area contributed by atoms with Crippen LogP contribution in [-0.2, 0) is 14.3 Å². The van der Waals surface area contributed by atoms with Gasteiger partial charge >= 0.3 is 5.97 Å². The Kier molecular flexibility index (Phi) is 4.99. The van der Waals surface area contributed by atoms with Crippen LogP contribution in [0, 0.1) is 28.6 Å². The van der Waals surface area contributed by atoms with Gasteiger partial charge in [-0.3, -0.25) is 9.59 Å². The van der Waals surface area contributed by atoms with E-state index >= 15 is 4.39 Å². The molecule has 0 heterocycles. The largest absolute Gasteiger partial charge is 0.451 e. The first-order valence-electron chi connectivity index (χ1n) is 10.8. The number of alkyl halides is 1. The summed E-state index contributed by atoms with van der Waals surface area (Å²) in [6.45, 7) is 14.7. The summed E-state index contributed by atoms with van der Waals surface area (Å²) in [7, 11) is 0. The van der Waals surface area contributed by atoms with Crippen molar-refractivity contribution < 1.29 is 23.8 Å². The molecule has 1 N–H and O–H groups in total. The Hall–Kier alpha value is -1.72. The Balaban J connectivity index is 1.88. The van der Waals surface area contributed by atoms with E-state index < -0.39 is 40.6 Å². The average molecular weight is 449 g/mol. The van der Waals surface area contributed by atoms with Crippen molar-refractivity contribution in [2.24, 2.45) is 28.6 Å². The number of ketones is 1. The van der Waals surface area contributed by atoms with Crippen LogP contribution in [0.5, 0.6) is 0 Å². The molecule has 0 bridgehead atoms. The maximum Gasteiger partial charge on any atom is 0.303 e. The van der Waals surface area contributed by atoms with Gasteiger partial charge in [0.2, 0.25) is 0 Å². The molecule has 2 unspecified atom stereocenters. The molecule has 168 valence electrons. The summed E-state index contributed by atoms with van der Waals surface area (Å²) in [5.74, 6) is -1.59. The van der Waals surface area contributed by atoms with Crippen molar-refractivity contribution in [3.8, 4) is 0 Å². The van der Waals surface area contributed by atoms with Crippen molar-refractivity contribution in [3.05, 3.63) is 47.1 Å². The summed E-state index contributed by atoms with van der Waals surface area (Å²) < 4.78 is 21.9. The van der Waals surface area contributed by atoms with Gasteiger partial charge in [0.15, 0.2) is 11.4 Å². The molecule has 0 aliphatic heterocycles. The van der Waals surface area contributed by atoms with E-state index in [0.717, 1.165) is 0 Å². The molecule has 8 atom stereocenters. The number of carbonyl (C=O) groups excluding carboxylic acids is 2. The topological polar surface area (TPSA) is 63.6 Å². The zero-order valence-electron chi connectivity index (χ0n) is 18.5. The highest BCUT2D eigenvalue weighted by Crippen LogP contribution is 2.69. The minimum absolute atomic E-state index is 0.0900. The zero-order chi connectivity index (χ0) is 23.1. The lowest BCUT2D eigenvalue weighted by atomic mass is 9.46. The van der Waals surface area contributed by atoms with E-state index in [1.807, 2.05) is 19.9 Å². The summed E-state index contributed by atoms with van der Waals surface area (Å²) >= 11 is 6.72. The predicted octanol–water partition coefficient (Wildman–Crippen LogP) is 4.82. The van der Waals surface area contributed by atoms with E-state index in [2.05, 4.69) is 13.2 Å². The molecule has 2 fully saturated rings. The number of aliphatic hydroxyl groups is 1. The average Bonchev–Trinajstić information content (AvgIpc) is 2.94. The summed E-state index contributed by atoms with van der Waals surface area (Å²) in [6, 6.07) is 0. The maximum atomic E-state index is 16.2. The van der Waals surface area contributed by atoms with Crippen LogP contribution in [0.1, 0.15) is 47.0 Å². The molecule has 0 radical (unpaired) electrons. The van der Waals surface area contributed by atoms with Gasteiger partial charge in [0.25, 0.3) is 0 Å². The first-order valence-corrected chi connectivity index (χ1v) is 11.2. The number of aliphatic hydroxyl groups excluding tert-OH is 1. The molecule has 0 aromatic rings. The maximum absolute atomic E-state index is 16.2. The van der Waals surface area contributed by atoms with Gasteiger partial charge in [-0.15, -0.1) is 0 Å². The molecule has 2 saturated carbocycles. The van der Waals surface area contributed by atoms with Gasteiger partial charge in [-0.05, 0) is 60.8 Å². The Labute approximate surface area is 187 Å². The van der Waals surface area contributed by atoms with Gasteiger partial charge in [0.05, 0.1) is 6.10 Å². The highest BCUT2D eigenvalue weighted by molar-refractivity contribution is 6.32. The molecule has 0 amide bonds. The van der Waals surface area contributed by atoms with E-state index in [4.69, 9.17) is 16.3 Å². The lowest BCUT2D eigenvalue weighted by Gasteiger charge is -2.59. The minimum atomic E-state index is -1.33. The predicted molar refractivity (Wildman–Crippen MR) is 117 cm³/mol. The van der Waals surface area contributed by atoms with E-state index in [1.54, 1.807) is 6.08 Å². The van der Waals surface area contributed by atoms with Crippen LogP contribution < -0.4 is 0 Å². The quantitative estimate of drug-likeness (QED) is 0.615. The summed E-state index contributed by atoms with van der Waals surface area (Å²) in [5.41, 5.74) is -1.23. The number of carbonyl (C=O) groups is 2. The number of ether oxygens (including phenoxy) is 1. The standard InChI is InChI=1S/C25H30ClFO4/c1-12-13(2)24(6)18(10-21(12)30)19(26)9-16-17-7-8-25(14(3)28,31-15(4)29)23(17,5)11-20(27)22(16)24/h9-10,16-17,20-22,30H,1-2,7-8,11H2,3-6H3/t16-,17-,20?,21?,22+,23-,24-,25-/m0/s1. The van der Waals surface area contributed by atoms with Gasteiger partial charge in [0.1, 0.15) is 6.17 Å². The molecule has 0 aromatic heterocycles. The number of esters is 1. The molecule has 4 rings (SSSR count). The number of hydrogen-bond donors (Lipinski definition) is 1. The summed E-state index contributed by atoms with van der Waals surface area (Å²) in [5, 5.41) is 10.9. The first-order chi connectivity index (χ1) is 14.3. The molecular weight excluding hydrogens is 419 g/mol. The molecule has 31 heavy (non-hydrogen) atoms. The van der Waals surface area contributed by atoms with Crippen molar-refractivity contribution in [1.29, 1.82) is 0 Å². The monoisotopic (exact) mass is 448 g/mol. The third kappa shape index (κ3) is 2.69. The SMILES string of the molecule is C=C1C(=C)[C@@]2(C)C(=CC1O)C(Cl)=C[C@@H]1[C@@H]2C(F)C[C@@]2(C)[C@H]1CC[C@]2(OC(C)=O)C(C)=O. The van der Waals surface area contributed by atoms with Crippen molar-refractivity contribution in [3.63, 3.8) is 0 Å². The van der Waals surface area contributed by atoms with Crippen LogP contribution in [0.3, 0.4) is 0 Å². The summed E-state index contributed by atoms with van der Waals surface area (Å²) in [6.07, 6.45) is 2.45. The number of Topliss-reactive ketones (excluding diaryl/α,β-unsaturated/α-hetero) is 1. The van der Waals surface area contributed by atoms with Crippen molar-refractivity contribution in [1.82, 2.24) is 0 Å². The second kappa shape index (κ2) is 6.89. The molecule has 4 aliphatic rings. The van der Waals surface area contributed by atoms with Crippen molar-refractivity contribution >= 4 is 23.4 Å². The smallest absolute Gasteiger partial charge is 0.303 e. The zero-order valence-corrected chi connectivity index (χ0v) is 19.3. The Morgan fingerprint density at radius 3 is 2.48 bits per heavy atom. The Morgan fingerprint density at radius 2 is 1.90 bits per heavy atom. The first kappa shape index (κ1) is 22.5. The number of allylic oxidation sites excluding steroid dienone is 3. The number of rotatable bonds is 2. The second-order valence-electron chi connectivity index (χ2n) is 10.1. The second-order valence-corrected chi connectivity index (χ2v) is 10.5. The fourth-order valence-electron chi connectivity index (χ4n) is 7.32. The van der Waals surface area contributed by atoms with E-state index in [9.17, 15) is 14.7 Å². The Morgan fingerprint density at radius 1 is 1.26 bits per heavy atom. The third-order valence-electron chi connectivity index (χ3n) is 8.84. The van der Waals surface area contributed by atoms with E-state index in [1.165, 1.54) is 13.8 Å². The van der Waals surface area contributed by atoms with Gasteiger partial charge in [-0.2, -0.15) is 0 Å². The lowest BCUT2D eigenvalue weighted by Crippen LogP contribution is -2.61. The van der Waals surface area contributed by atoms with Crippen LogP contribution in [0.15, 0.2) is 47.1 Å². The molecular formula is C25H30ClFO4.